The summed E-state index contributed by atoms with van der Waals surface area (Å²) in [7, 11) is -3.56. The van der Waals surface area contributed by atoms with Crippen LogP contribution in [0.15, 0.2) is 40.6 Å². The number of likely N-dealkylation sites (tertiary alicyclic amines) is 1. The van der Waals surface area contributed by atoms with Gasteiger partial charge in [-0.05, 0) is 42.5 Å². The Labute approximate surface area is 151 Å². The quantitative estimate of drug-likeness (QED) is 0.828. The van der Waals surface area contributed by atoms with Crippen LogP contribution in [0.2, 0.25) is 0 Å². The van der Waals surface area contributed by atoms with Gasteiger partial charge in [-0.3, -0.25) is 4.79 Å². The van der Waals surface area contributed by atoms with E-state index in [1.54, 1.807) is 17.0 Å². The number of carbonyl (C=O) groups excluding carboxylic acids is 1. The van der Waals surface area contributed by atoms with Gasteiger partial charge in [0, 0.05) is 26.2 Å². The zero-order valence-corrected chi connectivity index (χ0v) is 15.5. The third-order valence-corrected chi connectivity index (χ3v) is 8.26. The van der Waals surface area contributed by atoms with Crippen LogP contribution in [-0.2, 0) is 23.0 Å². The Morgan fingerprint density at radius 3 is 2.44 bits per heavy atom. The molecule has 1 aromatic heterocycles. The summed E-state index contributed by atoms with van der Waals surface area (Å²) in [4.78, 5) is 14.8. The molecule has 2 aromatic rings. The highest BCUT2D eigenvalue weighted by Crippen LogP contribution is 2.30. The first-order chi connectivity index (χ1) is 12.1. The lowest BCUT2D eigenvalue weighted by Crippen LogP contribution is -2.35. The Hall–Kier alpha value is -1.70. The van der Waals surface area contributed by atoms with Crippen molar-refractivity contribution < 1.29 is 13.2 Å². The predicted molar refractivity (Wildman–Crippen MR) is 97.2 cm³/mol. The van der Waals surface area contributed by atoms with Gasteiger partial charge in [-0.15, -0.1) is 11.3 Å². The fourth-order valence-corrected chi connectivity index (χ4v) is 6.30. The first-order valence-corrected chi connectivity index (χ1v) is 10.8. The summed E-state index contributed by atoms with van der Waals surface area (Å²) >= 11 is 1.09. The number of benzene rings is 1. The van der Waals surface area contributed by atoms with Crippen LogP contribution < -0.4 is 0 Å². The van der Waals surface area contributed by atoms with Crippen LogP contribution in [0.4, 0.5) is 0 Å². The maximum absolute atomic E-state index is 13.0. The molecule has 0 bridgehead atoms. The first kappa shape index (κ1) is 16.8. The Morgan fingerprint density at radius 2 is 1.68 bits per heavy atom. The lowest BCUT2D eigenvalue weighted by atomic mass is 10.0. The highest BCUT2D eigenvalue weighted by atomic mass is 32.2. The van der Waals surface area contributed by atoms with Crippen LogP contribution in [0.5, 0.6) is 0 Å². The summed E-state index contributed by atoms with van der Waals surface area (Å²) in [6.45, 7) is 2.40. The molecular formula is C18H20N2O3S2. The Bertz CT molecular complexity index is 899. The van der Waals surface area contributed by atoms with Gasteiger partial charge in [-0.2, -0.15) is 4.31 Å². The highest BCUT2D eigenvalue weighted by molar-refractivity contribution is 7.91. The monoisotopic (exact) mass is 376 g/mol. The molecule has 2 aliphatic heterocycles. The van der Waals surface area contributed by atoms with E-state index in [4.69, 9.17) is 0 Å². The van der Waals surface area contributed by atoms with Crippen molar-refractivity contribution in [2.45, 2.75) is 30.0 Å². The number of amides is 1. The average Bonchev–Trinajstić information content (AvgIpc) is 3.32. The molecule has 0 radical (unpaired) electrons. The van der Waals surface area contributed by atoms with Crippen molar-refractivity contribution in [3.63, 3.8) is 0 Å². The number of rotatable bonds is 3. The predicted octanol–water partition coefficient (Wildman–Crippen LogP) is 2.73. The topological polar surface area (TPSA) is 57.7 Å². The van der Waals surface area contributed by atoms with Crippen molar-refractivity contribution in [2.24, 2.45) is 0 Å². The zero-order valence-electron chi connectivity index (χ0n) is 13.8. The lowest BCUT2D eigenvalue weighted by molar-refractivity contribution is 0.0797. The molecule has 132 valence electrons. The van der Waals surface area contributed by atoms with E-state index in [0.717, 1.165) is 49.3 Å². The molecule has 0 spiro atoms. The van der Waals surface area contributed by atoms with Crippen LogP contribution in [0.3, 0.4) is 0 Å². The molecule has 1 aromatic carbocycles. The van der Waals surface area contributed by atoms with Crippen LogP contribution in [-0.4, -0.2) is 43.2 Å². The minimum Gasteiger partial charge on any atom is -0.338 e. The molecule has 3 heterocycles. The van der Waals surface area contributed by atoms with E-state index in [9.17, 15) is 13.2 Å². The van der Waals surface area contributed by atoms with E-state index in [-0.39, 0.29) is 10.1 Å². The summed E-state index contributed by atoms with van der Waals surface area (Å²) in [6, 6.07) is 11.2. The largest absolute Gasteiger partial charge is 0.338 e. The molecule has 0 saturated carbocycles. The van der Waals surface area contributed by atoms with E-state index >= 15 is 0 Å². The SMILES string of the molecule is O=C(c1ccc(S(=O)(=O)N2CCc3ccccc3C2)s1)N1CCCC1. The summed E-state index contributed by atoms with van der Waals surface area (Å²) in [5.41, 5.74) is 2.27. The fraction of sp³-hybridized carbons (Fsp3) is 0.389. The van der Waals surface area contributed by atoms with E-state index in [2.05, 4.69) is 6.07 Å². The molecule has 0 aliphatic carbocycles. The van der Waals surface area contributed by atoms with Crippen molar-refractivity contribution in [1.82, 2.24) is 9.21 Å². The van der Waals surface area contributed by atoms with Gasteiger partial charge in [-0.25, -0.2) is 8.42 Å². The van der Waals surface area contributed by atoms with Gasteiger partial charge in [0.15, 0.2) is 0 Å². The summed E-state index contributed by atoms with van der Waals surface area (Å²) < 4.78 is 27.7. The number of carbonyl (C=O) groups is 1. The van der Waals surface area contributed by atoms with Crippen molar-refractivity contribution in [1.29, 1.82) is 0 Å². The van der Waals surface area contributed by atoms with Crippen LogP contribution >= 0.6 is 11.3 Å². The zero-order chi connectivity index (χ0) is 17.4. The van der Waals surface area contributed by atoms with Crippen molar-refractivity contribution in [3.8, 4) is 0 Å². The second-order valence-corrected chi connectivity index (χ2v) is 9.72. The van der Waals surface area contributed by atoms with Gasteiger partial charge in [0.2, 0.25) is 0 Å². The normalized spacial score (nSPS) is 18.3. The highest BCUT2D eigenvalue weighted by Gasteiger charge is 2.30. The Balaban J connectivity index is 1.56. The van der Waals surface area contributed by atoms with Crippen molar-refractivity contribution in [2.75, 3.05) is 19.6 Å². The number of hydrogen-bond donors (Lipinski definition) is 0. The van der Waals surface area contributed by atoms with Crippen molar-refractivity contribution >= 4 is 27.3 Å². The third-order valence-electron chi connectivity index (χ3n) is 4.88. The standard InChI is InChI=1S/C18H20N2O3S2/c21-18(19-10-3-4-11-19)16-7-8-17(24-16)25(22,23)20-12-9-14-5-1-2-6-15(14)13-20/h1-2,5-8H,3-4,9-13H2. The van der Waals surface area contributed by atoms with E-state index < -0.39 is 10.0 Å². The molecule has 2 aliphatic rings. The molecule has 0 atom stereocenters. The van der Waals surface area contributed by atoms with E-state index in [1.807, 2.05) is 18.2 Å². The molecule has 1 fully saturated rings. The molecular weight excluding hydrogens is 356 g/mol. The third kappa shape index (κ3) is 3.12. The Kier molecular flexibility index (Phi) is 4.39. The summed E-state index contributed by atoms with van der Waals surface area (Å²) in [5.74, 6) is -0.0482. The average molecular weight is 377 g/mol. The summed E-state index contributed by atoms with van der Waals surface area (Å²) in [6.07, 6.45) is 2.77. The number of hydrogen-bond acceptors (Lipinski definition) is 4. The molecule has 1 saturated heterocycles. The molecule has 0 unspecified atom stereocenters. The minimum atomic E-state index is -3.56. The van der Waals surface area contributed by atoms with Gasteiger partial charge >= 0.3 is 0 Å². The maximum atomic E-state index is 13.0. The minimum absolute atomic E-state index is 0.0482. The molecule has 25 heavy (non-hydrogen) atoms. The van der Waals surface area contributed by atoms with E-state index in [1.165, 1.54) is 9.87 Å². The first-order valence-electron chi connectivity index (χ1n) is 8.52. The second kappa shape index (κ2) is 6.55. The molecule has 4 rings (SSSR count). The van der Waals surface area contributed by atoms with Crippen LogP contribution in [0.1, 0.15) is 33.6 Å². The number of fused-ring (bicyclic) bond motifs is 1. The van der Waals surface area contributed by atoms with Gasteiger partial charge in [0.1, 0.15) is 4.21 Å². The summed E-state index contributed by atoms with van der Waals surface area (Å²) in [5, 5.41) is 0. The van der Waals surface area contributed by atoms with Crippen molar-refractivity contribution in [3.05, 3.63) is 52.4 Å². The number of sulfonamides is 1. The fourth-order valence-electron chi connectivity index (χ4n) is 3.45. The van der Waals surface area contributed by atoms with Crippen LogP contribution in [0, 0.1) is 0 Å². The molecule has 7 heteroatoms. The Morgan fingerprint density at radius 1 is 0.960 bits per heavy atom. The molecule has 0 N–H and O–H groups in total. The second-order valence-electron chi connectivity index (χ2n) is 6.48. The van der Waals surface area contributed by atoms with Gasteiger partial charge in [-0.1, -0.05) is 24.3 Å². The number of thiophene rings is 1. The van der Waals surface area contributed by atoms with Gasteiger partial charge < -0.3 is 4.90 Å². The smallest absolute Gasteiger partial charge is 0.263 e. The molecule has 1 amide bonds. The lowest BCUT2D eigenvalue weighted by Gasteiger charge is -2.27. The van der Waals surface area contributed by atoms with E-state index in [0.29, 0.717) is 18.0 Å². The maximum Gasteiger partial charge on any atom is 0.263 e. The molecule has 5 nitrogen and oxygen atoms in total. The van der Waals surface area contributed by atoms with Gasteiger partial charge in [0.25, 0.3) is 15.9 Å². The van der Waals surface area contributed by atoms with Gasteiger partial charge in [0.05, 0.1) is 4.88 Å². The number of nitrogens with zero attached hydrogens (tertiary/aromatic N) is 2. The van der Waals surface area contributed by atoms with Crippen LogP contribution in [0.25, 0.3) is 0 Å².